The molecule has 5 nitrogen and oxygen atoms in total. The molecule has 1 aromatic carbocycles. The molecule has 114 valence electrons. The van der Waals surface area contributed by atoms with E-state index in [1.807, 2.05) is 0 Å². The number of anilines is 1. The molecular formula is C17H21N5. The first-order valence-electron chi connectivity index (χ1n) is 8.03. The Morgan fingerprint density at radius 1 is 1.09 bits per heavy atom. The quantitative estimate of drug-likeness (QED) is 0.869. The summed E-state index contributed by atoms with van der Waals surface area (Å²) >= 11 is 0. The first-order chi connectivity index (χ1) is 10.8. The first-order valence-corrected chi connectivity index (χ1v) is 8.03. The molecule has 0 radical (unpaired) electrons. The molecule has 5 heteroatoms. The minimum Gasteiger partial charge on any atom is -0.372 e. The summed E-state index contributed by atoms with van der Waals surface area (Å²) in [6, 6.07) is 10.6. The van der Waals surface area contributed by atoms with Crippen LogP contribution in [0.3, 0.4) is 0 Å². The molecule has 2 heterocycles. The number of aromatic nitrogens is 3. The fourth-order valence-corrected chi connectivity index (χ4v) is 3.01. The van der Waals surface area contributed by atoms with Gasteiger partial charge in [0.1, 0.15) is 6.07 Å². The lowest BCUT2D eigenvalue weighted by Gasteiger charge is -2.28. The van der Waals surface area contributed by atoms with Crippen LogP contribution in [-0.2, 0) is 6.42 Å². The smallest absolute Gasteiger partial charge is 0.186 e. The fourth-order valence-electron chi connectivity index (χ4n) is 3.01. The summed E-state index contributed by atoms with van der Waals surface area (Å²) in [6.07, 6.45) is 5.66. The normalized spacial score (nSPS) is 14.8. The van der Waals surface area contributed by atoms with Crippen molar-refractivity contribution in [2.75, 3.05) is 18.0 Å². The van der Waals surface area contributed by atoms with Gasteiger partial charge in [0.05, 0.1) is 11.4 Å². The van der Waals surface area contributed by atoms with Gasteiger partial charge < -0.3 is 4.90 Å². The van der Waals surface area contributed by atoms with E-state index < -0.39 is 0 Å². The lowest BCUT2D eigenvalue weighted by atomic mass is 10.1. The summed E-state index contributed by atoms with van der Waals surface area (Å²) in [7, 11) is 0. The van der Waals surface area contributed by atoms with Crippen molar-refractivity contribution in [2.24, 2.45) is 0 Å². The van der Waals surface area contributed by atoms with Gasteiger partial charge in [-0.25, -0.2) is 4.68 Å². The summed E-state index contributed by atoms with van der Waals surface area (Å²) in [4.78, 5) is 2.43. The van der Waals surface area contributed by atoms with Crippen molar-refractivity contribution in [2.45, 2.75) is 39.0 Å². The largest absolute Gasteiger partial charge is 0.372 e. The number of hydrogen-bond donors (Lipinski definition) is 0. The van der Waals surface area contributed by atoms with Crippen molar-refractivity contribution in [3.8, 4) is 11.8 Å². The standard InChI is InChI=1S/C17H21N5/c1-2-6-17-16(13-18)19-20-22(17)15-9-7-14(8-10-15)21-11-4-3-5-12-21/h7-10H,2-6,11-12H2,1H3. The maximum atomic E-state index is 9.15. The average molecular weight is 295 g/mol. The predicted molar refractivity (Wildman–Crippen MR) is 86.1 cm³/mol. The van der Waals surface area contributed by atoms with E-state index in [1.165, 1.54) is 24.9 Å². The SMILES string of the molecule is CCCc1c(C#N)nnn1-c1ccc(N2CCCCC2)cc1. The van der Waals surface area contributed by atoms with E-state index >= 15 is 0 Å². The summed E-state index contributed by atoms with van der Waals surface area (Å²) in [6.45, 7) is 4.38. The third kappa shape index (κ3) is 2.82. The Morgan fingerprint density at radius 2 is 1.77 bits per heavy atom. The topological polar surface area (TPSA) is 57.7 Å². The molecule has 0 atom stereocenters. The molecule has 1 aliphatic rings. The van der Waals surface area contributed by atoms with Gasteiger partial charge in [-0.15, -0.1) is 5.10 Å². The predicted octanol–water partition coefficient (Wildman–Crippen LogP) is 3.08. The van der Waals surface area contributed by atoms with Crippen molar-refractivity contribution in [3.63, 3.8) is 0 Å². The molecule has 0 N–H and O–H groups in total. The Bertz CT molecular complexity index is 659. The Hall–Kier alpha value is -2.35. The number of nitrogens with zero attached hydrogens (tertiary/aromatic N) is 5. The van der Waals surface area contributed by atoms with Gasteiger partial charge in [0.25, 0.3) is 0 Å². The van der Waals surface area contributed by atoms with Gasteiger partial charge in [-0.05, 0) is 49.9 Å². The fraction of sp³-hybridized carbons (Fsp3) is 0.471. The van der Waals surface area contributed by atoms with Crippen LogP contribution in [0.2, 0.25) is 0 Å². The van der Waals surface area contributed by atoms with E-state index in [2.05, 4.69) is 52.5 Å². The van der Waals surface area contributed by atoms with Crippen molar-refractivity contribution in [1.29, 1.82) is 5.26 Å². The van der Waals surface area contributed by atoms with Crippen molar-refractivity contribution >= 4 is 5.69 Å². The van der Waals surface area contributed by atoms with E-state index in [0.29, 0.717) is 5.69 Å². The zero-order valence-corrected chi connectivity index (χ0v) is 13.0. The van der Waals surface area contributed by atoms with Crippen LogP contribution in [0.15, 0.2) is 24.3 Å². The van der Waals surface area contributed by atoms with Gasteiger partial charge in [0.15, 0.2) is 5.69 Å². The van der Waals surface area contributed by atoms with Crippen LogP contribution in [-0.4, -0.2) is 28.1 Å². The Kier molecular flexibility index (Phi) is 4.38. The number of benzene rings is 1. The maximum Gasteiger partial charge on any atom is 0.186 e. The number of piperidine rings is 1. The Morgan fingerprint density at radius 3 is 2.41 bits per heavy atom. The number of rotatable bonds is 4. The first kappa shape index (κ1) is 14.6. The van der Waals surface area contributed by atoms with E-state index in [4.69, 9.17) is 5.26 Å². The van der Waals surface area contributed by atoms with Gasteiger partial charge in [0.2, 0.25) is 0 Å². The molecular weight excluding hydrogens is 274 g/mol. The molecule has 0 bridgehead atoms. The zero-order chi connectivity index (χ0) is 15.4. The van der Waals surface area contributed by atoms with Crippen LogP contribution < -0.4 is 4.90 Å². The van der Waals surface area contributed by atoms with Gasteiger partial charge in [-0.2, -0.15) is 5.26 Å². The second kappa shape index (κ2) is 6.61. The van der Waals surface area contributed by atoms with Crippen LogP contribution in [0.4, 0.5) is 5.69 Å². The molecule has 1 aromatic heterocycles. The van der Waals surface area contributed by atoms with Gasteiger partial charge >= 0.3 is 0 Å². The van der Waals surface area contributed by atoms with Crippen LogP contribution >= 0.6 is 0 Å². The Labute approximate surface area is 131 Å². The zero-order valence-electron chi connectivity index (χ0n) is 13.0. The highest BCUT2D eigenvalue weighted by atomic mass is 15.4. The third-order valence-corrected chi connectivity index (χ3v) is 4.17. The third-order valence-electron chi connectivity index (χ3n) is 4.17. The summed E-state index contributed by atoms with van der Waals surface area (Å²) in [5.74, 6) is 0. The molecule has 1 fully saturated rings. The summed E-state index contributed by atoms with van der Waals surface area (Å²) in [5, 5.41) is 17.3. The van der Waals surface area contributed by atoms with Crippen LogP contribution in [0.1, 0.15) is 44.0 Å². The lowest BCUT2D eigenvalue weighted by molar-refractivity contribution is 0.578. The van der Waals surface area contributed by atoms with E-state index in [0.717, 1.165) is 37.3 Å². The van der Waals surface area contributed by atoms with Crippen LogP contribution in [0, 0.1) is 11.3 Å². The van der Waals surface area contributed by atoms with Crippen LogP contribution in [0.25, 0.3) is 5.69 Å². The van der Waals surface area contributed by atoms with E-state index in [9.17, 15) is 0 Å². The van der Waals surface area contributed by atoms with Crippen molar-refractivity contribution < 1.29 is 0 Å². The minimum atomic E-state index is 0.432. The monoisotopic (exact) mass is 295 g/mol. The Balaban J connectivity index is 1.86. The number of hydrogen-bond acceptors (Lipinski definition) is 4. The average Bonchev–Trinajstić information content (AvgIpc) is 2.99. The summed E-state index contributed by atoms with van der Waals surface area (Å²) in [5.41, 5.74) is 3.57. The van der Waals surface area contributed by atoms with Crippen molar-refractivity contribution in [3.05, 3.63) is 35.7 Å². The molecule has 3 rings (SSSR count). The molecule has 22 heavy (non-hydrogen) atoms. The maximum absolute atomic E-state index is 9.15. The molecule has 2 aromatic rings. The second-order valence-electron chi connectivity index (χ2n) is 5.72. The highest BCUT2D eigenvalue weighted by molar-refractivity contribution is 5.51. The van der Waals surface area contributed by atoms with Crippen molar-refractivity contribution in [1.82, 2.24) is 15.0 Å². The van der Waals surface area contributed by atoms with Gasteiger partial charge in [0, 0.05) is 18.8 Å². The van der Waals surface area contributed by atoms with E-state index in [1.54, 1.807) is 4.68 Å². The molecule has 0 spiro atoms. The van der Waals surface area contributed by atoms with Gasteiger partial charge in [-0.1, -0.05) is 18.6 Å². The molecule has 0 amide bonds. The van der Waals surface area contributed by atoms with E-state index in [-0.39, 0.29) is 0 Å². The number of nitriles is 1. The molecule has 0 aliphatic carbocycles. The lowest BCUT2D eigenvalue weighted by Crippen LogP contribution is -2.29. The minimum absolute atomic E-state index is 0.432. The molecule has 1 saturated heterocycles. The molecule has 1 aliphatic heterocycles. The highest BCUT2D eigenvalue weighted by Gasteiger charge is 2.14. The molecule has 0 saturated carbocycles. The molecule has 0 unspecified atom stereocenters. The van der Waals surface area contributed by atoms with Crippen LogP contribution in [0.5, 0.6) is 0 Å². The van der Waals surface area contributed by atoms with Gasteiger partial charge in [-0.3, -0.25) is 0 Å². The highest BCUT2D eigenvalue weighted by Crippen LogP contribution is 2.22. The second-order valence-corrected chi connectivity index (χ2v) is 5.72. The summed E-state index contributed by atoms with van der Waals surface area (Å²) < 4.78 is 1.79.